The van der Waals surface area contributed by atoms with Crippen LogP contribution in [0, 0.1) is 11.8 Å². The van der Waals surface area contributed by atoms with Gasteiger partial charge in [0.25, 0.3) is 0 Å². The van der Waals surface area contributed by atoms with E-state index in [-0.39, 0.29) is 11.8 Å². The summed E-state index contributed by atoms with van der Waals surface area (Å²) >= 11 is 0. The number of carbonyl (C=O) groups is 2. The summed E-state index contributed by atoms with van der Waals surface area (Å²) in [6.45, 7) is 1.64. The van der Waals surface area contributed by atoms with Gasteiger partial charge in [0.15, 0.2) is 0 Å². The van der Waals surface area contributed by atoms with Gasteiger partial charge in [-0.2, -0.15) is 0 Å². The van der Waals surface area contributed by atoms with E-state index in [1.54, 1.807) is 0 Å². The molecule has 98 valence electrons. The minimum atomic E-state index is 0.177. The van der Waals surface area contributed by atoms with Crippen LogP contribution in [0.3, 0.4) is 0 Å². The van der Waals surface area contributed by atoms with Crippen LogP contribution in [0.2, 0.25) is 0 Å². The third-order valence-corrected chi connectivity index (χ3v) is 4.49. The van der Waals surface area contributed by atoms with Crippen molar-refractivity contribution in [2.24, 2.45) is 11.8 Å². The van der Waals surface area contributed by atoms with Crippen LogP contribution in [-0.2, 0) is 9.59 Å². The van der Waals surface area contributed by atoms with E-state index in [9.17, 15) is 9.59 Å². The molecule has 3 aliphatic rings. The fourth-order valence-electron chi connectivity index (χ4n) is 3.39. The minimum Gasteiger partial charge on any atom is -0.353 e. The quantitative estimate of drug-likeness (QED) is 0.706. The number of amides is 2. The van der Waals surface area contributed by atoms with Crippen LogP contribution in [0.1, 0.15) is 32.1 Å². The minimum absolute atomic E-state index is 0.177. The van der Waals surface area contributed by atoms with E-state index in [1.165, 1.54) is 0 Å². The maximum absolute atomic E-state index is 12.3. The molecule has 2 atom stereocenters. The molecule has 2 amide bonds. The third kappa shape index (κ3) is 2.16. The number of likely N-dealkylation sites (tertiary alicyclic amines) is 1. The molecule has 2 saturated heterocycles. The van der Waals surface area contributed by atoms with Crippen molar-refractivity contribution in [3.63, 3.8) is 0 Å². The molecule has 0 saturated carbocycles. The highest BCUT2D eigenvalue weighted by Crippen LogP contribution is 2.28. The molecule has 0 aromatic carbocycles. The number of hydrogen-bond donors (Lipinski definition) is 1. The molecule has 2 fully saturated rings. The van der Waals surface area contributed by atoms with Crippen LogP contribution in [0.25, 0.3) is 0 Å². The Morgan fingerprint density at radius 3 is 2.83 bits per heavy atom. The Hall–Kier alpha value is -1.32. The molecule has 4 heteroatoms. The largest absolute Gasteiger partial charge is 0.353 e. The van der Waals surface area contributed by atoms with Gasteiger partial charge in [0.2, 0.25) is 11.8 Å². The molecule has 0 aromatic rings. The molecule has 2 unspecified atom stereocenters. The van der Waals surface area contributed by atoms with Gasteiger partial charge in [-0.25, -0.2) is 0 Å². The first-order chi connectivity index (χ1) is 8.74. The lowest BCUT2D eigenvalue weighted by Gasteiger charge is -2.42. The van der Waals surface area contributed by atoms with Crippen molar-refractivity contribution in [2.75, 3.05) is 13.1 Å². The van der Waals surface area contributed by atoms with Crippen molar-refractivity contribution in [3.8, 4) is 0 Å². The number of carbonyl (C=O) groups excluding carboxylic acids is 2. The molecule has 0 spiro atoms. The Bertz CT molecular complexity index is 383. The number of hydrogen-bond acceptors (Lipinski definition) is 2. The second-order valence-corrected chi connectivity index (χ2v) is 5.69. The second kappa shape index (κ2) is 4.75. The Balaban J connectivity index is 1.60. The summed E-state index contributed by atoms with van der Waals surface area (Å²) in [6.07, 6.45) is 8.49. The van der Waals surface area contributed by atoms with Crippen LogP contribution in [0.4, 0.5) is 0 Å². The predicted molar refractivity (Wildman–Crippen MR) is 67.7 cm³/mol. The first kappa shape index (κ1) is 11.8. The van der Waals surface area contributed by atoms with Crippen LogP contribution >= 0.6 is 0 Å². The first-order valence-electron chi connectivity index (χ1n) is 6.97. The molecular formula is C14H20N2O2. The summed E-state index contributed by atoms with van der Waals surface area (Å²) in [7, 11) is 0. The Kier molecular flexibility index (Phi) is 3.10. The Morgan fingerprint density at radius 1 is 1.28 bits per heavy atom. The van der Waals surface area contributed by atoms with E-state index in [0.717, 1.165) is 38.8 Å². The lowest BCUT2D eigenvalue weighted by atomic mass is 9.84. The molecule has 1 aliphatic carbocycles. The average Bonchev–Trinajstić information content (AvgIpc) is 2.91. The zero-order chi connectivity index (χ0) is 12.5. The second-order valence-electron chi connectivity index (χ2n) is 5.69. The molecular weight excluding hydrogens is 228 g/mol. The van der Waals surface area contributed by atoms with E-state index >= 15 is 0 Å². The number of nitrogens with zero attached hydrogens (tertiary/aromatic N) is 1. The molecule has 18 heavy (non-hydrogen) atoms. The molecule has 1 N–H and O–H groups in total. The first-order valence-corrected chi connectivity index (χ1v) is 6.97. The van der Waals surface area contributed by atoms with Gasteiger partial charge in [-0.3, -0.25) is 9.59 Å². The van der Waals surface area contributed by atoms with Gasteiger partial charge in [0, 0.05) is 31.5 Å². The third-order valence-electron chi connectivity index (χ3n) is 4.49. The fourth-order valence-corrected chi connectivity index (χ4v) is 3.39. The highest BCUT2D eigenvalue weighted by molar-refractivity contribution is 5.80. The topological polar surface area (TPSA) is 49.4 Å². The number of nitrogens with one attached hydrogen (secondary N) is 1. The molecule has 2 aliphatic heterocycles. The van der Waals surface area contributed by atoms with E-state index < -0.39 is 0 Å². The molecule has 4 nitrogen and oxygen atoms in total. The fraction of sp³-hybridized carbons (Fsp3) is 0.714. The van der Waals surface area contributed by atoms with E-state index in [4.69, 9.17) is 0 Å². The SMILES string of the molecule is O=C1CCC2CN(C(=O)C3CC=CC3)CCC2N1. The van der Waals surface area contributed by atoms with Gasteiger partial charge in [-0.15, -0.1) is 0 Å². The highest BCUT2D eigenvalue weighted by atomic mass is 16.2. The van der Waals surface area contributed by atoms with Crippen LogP contribution in [0.5, 0.6) is 0 Å². The normalized spacial score (nSPS) is 32.2. The van der Waals surface area contributed by atoms with Crippen molar-refractivity contribution < 1.29 is 9.59 Å². The molecule has 0 radical (unpaired) electrons. The standard InChI is InChI=1S/C14H20N2O2/c17-13-6-5-11-9-16(8-7-12(11)15-13)14(18)10-3-1-2-4-10/h1-2,10-12H,3-9H2,(H,15,17). The monoisotopic (exact) mass is 248 g/mol. The summed E-state index contributed by atoms with van der Waals surface area (Å²) in [6, 6.07) is 0.303. The van der Waals surface area contributed by atoms with Gasteiger partial charge in [-0.05, 0) is 31.6 Å². The molecule has 3 rings (SSSR count). The number of piperidine rings is 2. The predicted octanol–water partition coefficient (Wildman–Crippen LogP) is 1.08. The summed E-state index contributed by atoms with van der Waals surface area (Å²) in [5, 5.41) is 3.06. The summed E-state index contributed by atoms with van der Waals surface area (Å²) < 4.78 is 0. The van der Waals surface area contributed by atoms with Gasteiger partial charge in [-0.1, -0.05) is 12.2 Å². The average molecular weight is 248 g/mol. The number of rotatable bonds is 1. The summed E-state index contributed by atoms with van der Waals surface area (Å²) in [4.78, 5) is 25.7. The zero-order valence-corrected chi connectivity index (χ0v) is 10.6. The molecule has 0 aromatic heterocycles. The van der Waals surface area contributed by atoms with Gasteiger partial charge < -0.3 is 10.2 Å². The van der Waals surface area contributed by atoms with Crippen molar-refractivity contribution in [3.05, 3.63) is 12.2 Å². The number of allylic oxidation sites excluding steroid dienone is 2. The van der Waals surface area contributed by atoms with Crippen molar-refractivity contribution in [2.45, 2.75) is 38.1 Å². The van der Waals surface area contributed by atoms with E-state index in [1.807, 2.05) is 4.90 Å². The van der Waals surface area contributed by atoms with Crippen LogP contribution in [-0.4, -0.2) is 35.8 Å². The van der Waals surface area contributed by atoms with E-state index in [0.29, 0.717) is 24.3 Å². The molecule has 2 heterocycles. The van der Waals surface area contributed by atoms with Crippen LogP contribution < -0.4 is 5.32 Å². The van der Waals surface area contributed by atoms with Gasteiger partial charge in [0.1, 0.15) is 0 Å². The highest BCUT2D eigenvalue weighted by Gasteiger charge is 2.36. The summed E-state index contributed by atoms with van der Waals surface area (Å²) in [5.74, 6) is 1.14. The van der Waals surface area contributed by atoms with Gasteiger partial charge in [0.05, 0.1) is 0 Å². The smallest absolute Gasteiger partial charge is 0.226 e. The van der Waals surface area contributed by atoms with Gasteiger partial charge >= 0.3 is 0 Å². The van der Waals surface area contributed by atoms with Crippen molar-refractivity contribution >= 4 is 11.8 Å². The maximum atomic E-state index is 12.3. The van der Waals surface area contributed by atoms with Crippen molar-refractivity contribution in [1.82, 2.24) is 10.2 Å². The summed E-state index contributed by atoms with van der Waals surface area (Å²) in [5.41, 5.74) is 0. The Labute approximate surface area is 107 Å². The van der Waals surface area contributed by atoms with Crippen LogP contribution in [0.15, 0.2) is 12.2 Å². The lowest BCUT2D eigenvalue weighted by molar-refractivity contribution is -0.138. The van der Waals surface area contributed by atoms with E-state index in [2.05, 4.69) is 17.5 Å². The van der Waals surface area contributed by atoms with Crippen molar-refractivity contribution in [1.29, 1.82) is 0 Å². The lowest BCUT2D eigenvalue weighted by Crippen LogP contribution is -2.55. The zero-order valence-electron chi connectivity index (χ0n) is 10.6. The molecule has 0 bridgehead atoms. The Morgan fingerprint density at radius 2 is 2.06 bits per heavy atom. The number of fused-ring (bicyclic) bond motifs is 1. The maximum Gasteiger partial charge on any atom is 0.226 e.